The van der Waals surface area contributed by atoms with Gasteiger partial charge in [-0.2, -0.15) is 0 Å². The highest BCUT2D eigenvalue weighted by atomic mass is 35.5. The molecule has 2 N–H and O–H groups in total. The number of anilines is 2. The molecular formula is C23H23ClN2O3S. The maximum absolute atomic E-state index is 12.5. The number of carbonyl (C=O) groups is 1. The minimum Gasteiger partial charge on any atom is -0.322 e. The van der Waals surface area contributed by atoms with Crippen LogP contribution in [0.3, 0.4) is 0 Å². The molecule has 0 bridgehead atoms. The van der Waals surface area contributed by atoms with Gasteiger partial charge in [-0.05, 0) is 71.6 Å². The van der Waals surface area contributed by atoms with Crippen molar-refractivity contribution in [2.45, 2.75) is 31.1 Å². The molecule has 0 unspecified atom stereocenters. The number of rotatable bonds is 5. The molecule has 3 aromatic rings. The average molecular weight is 443 g/mol. The molecule has 3 rings (SSSR count). The molecule has 0 radical (unpaired) electrons. The highest BCUT2D eigenvalue weighted by Crippen LogP contribution is 2.23. The third-order valence-corrected chi connectivity index (χ3v) is 6.18. The number of benzene rings is 3. The molecule has 156 valence electrons. The molecule has 0 aliphatic carbocycles. The van der Waals surface area contributed by atoms with Crippen molar-refractivity contribution in [3.8, 4) is 0 Å². The van der Waals surface area contributed by atoms with Gasteiger partial charge < -0.3 is 5.32 Å². The molecule has 0 aliphatic rings. The Bertz CT molecular complexity index is 1130. The second-order valence-electron chi connectivity index (χ2n) is 7.92. The maximum Gasteiger partial charge on any atom is 0.261 e. The number of sulfonamides is 1. The van der Waals surface area contributed by atoms with Crippen molar-refractivity contribution in [2.24, 2.45) is 0 Å². The molecule has 1 amide bonds. The normalized spacial score (nSPS) is 11.7. The van der Waals surface area contributed by atoms with Crippen LogP contribution >= 0.6 is 11.6 Å². The number of carbonyl (C=O) groups excluding carboxylic acids is 1. The Hall–Kier alpha value is -2.83. The first kappa shape index (κ1) is 21.9. The van der Waals surface area contributed by atoms with Gasteiger partial charge in [-0.1, -0.05) is 44.5 Å². The lowest BCUT2D eigenvalue weighted by molar-refractivity contribution is 0.102. The average Bonchev–Trinajstić information content (AvgIpc) is 2.69. The fourth-order valence-electron chi connectivity index (χ4n) is 2.77. The van der Waals surface area contributed by atoms with E-state index in [0.29, 0.717) is 22.0 Å². The molecule has 30 heavy (non-hydrogen) atoms. The Morgan fingerprint density at radius 3 is 1.87 bits per heavy atom. The van der Waals surface area contributed by atoms with E-state index in [1.54, 1.807) is 48.5 Å². The van der Waals surface area contributed by atoms with Crippen LogP contribution in [0.25, 0.3) is 0 Å². The highest BCUT2D eigenvalue weighted by Gasteiger charge is 2.16. The first-order valence-corrected chi connectivity index (χ1v) is 11.2. The quantitative estimate of drug-likeness (QED) is 0.532. The van der Waals surface area contributed by atoms with Gasteiger partial charge in [-0.3, -0.25) is 9.52 Å². The van der Waals surface area contributed by atoms with E-state index in [4.69, 9.17) is 11.6 Å². The molecule has 0 atom stereocenters. The van der Waals surface area contributed by atoms with Gasteiger partial charge in [0.15, 0.2) is 0 Å². The van der Waals surface area contributed by atoms with Crippen molar-refractivity contribution in [3.05, 3.63) is 88.9 Å². The van der Waals surface area contributed by atoms with E-state index in [1.807, 2.05) is 12.1 Å². The summed E-state index contributed by atoms with van der Waals surface area (Å²) in [5.74, 6) is -0.259. The summed E-state index contributed by atoms with van der Waals surface area (Å²) in [7, 11) is -3.75. The summed E-state index contributed by atoms with van der Waals surface area (Å²) in [6.07, 6.45) is 0. The summed E-state index contributed by atoms with van der Waals surface area (Å²) in [6.45, 7) is 6.33. The zero-order valence-electron chi connectivity index (χ0n) is 16.9. The Balaban J connectivity index is 1.69. The lowest BCUT2D eigenvalue weighted by Crippen LogP contribution is -2.15. The smallest absolute Gasteiger partial charge is 0.261 e. The van der Waals surface area contributed by atoms with Crippen LogP contribution in [0.4, 0.5) is 11.4 Å². The van der Waals surface area contributed by atoms with E-state index in [9.17, 15) is 13.2 Å². The van der Waals surface area contributed by atoms with Crippen molar-refractivity contribution < 1.29 is 13.2 Å². The van der Waals surface area contributed by atoms with Crippen LogP contribution in [0.2, 0.25) is 5.02 Å². The minimum atomic E-state index is -3.75. The molecule has 7 heteroatoms. The van der Waals surface area contributed by atoms with Crippen LogP contribution in [0.1, 0.15) is 36.7 Å². The molecule has 0 fully saturated rings. The zero-order chi connectivity index (χ0) is 21.9. The maximum atomic E-state index is 12.5. The Morgan fingerprint density at radius 1 is 0.800 bits per heavy atom. The summed E-state index contributed by atoms with van der Waals surface area (Å²) in [4.78, 5) is 12.6. The predicted molar refractivity (Wildman–Crippen MR) is 122 cm³/mol. The van der Waals surface area contributed by atoms with Crippen molar-refractivity contribution >= 4 is 38.9 Å². The van der Waals surface area contributed by atoms with E-state index < -0.39 is 10.0 Å². The minimum absolute atomic E-state index is 0.0103. The van der Waals surface area contributed by atoms with Crippen LogP contribution < -0.4 is 10.0 Å². The number of nitrogens with one attached hydrogen (secondary N) is 2. The van der Waals surface area contributed by atoms with Crippen LogP contribution in [0.5, 0.6) is 0 Å². The zero-order valence-corrected chi connectivity index (χ0v) is 18.5. The van der Waals surface area contributed by atoms with Crippen molar-refractivity contribution in [3.63, 3.8) is 0 Å². The predicted octanol–water partition coefficient (Wildman–Crippen LogP) is 5.69. The topological polar surface area (TPSA) is 75.3 Å². The Kier molecular flexibility index (Phi) is 6.19. The number of amides is 1. The third-order valence-electron chi connectivity index (χ3n) is 4.53. The molecule has 0 saturated carbocycles. The summed E-state index contributed by atoms with van der Waals surface area (Å²) in [6, 6.07) is 19.8. The third kappa shape index (κ3) is 5.40. The molecule has 0 aliphatic heterocycles. The molecule has 3 aromatic carbocycles. The second-order valence-corrected chi connectivity index (χ2v) is 10.0. The van der Waals surface area contributed by atoms with Crippen LogP contribution in [0.15, 0.2) is 77.7 Å². The van der Waals surface area contributed by atoms with Gasteiger partial charge in [0.05, 0.1) is 4.90 Å². The summed E-state index contributed by atoms with van der Waals surface area (Å²) < 4.78 is 27.5. The first-order chi connectivity index (χ1) is 14.0. The molecule has 5 nitrogen and oxygen atoms in total. The van der Waals surface area contributed by atoms with Crippen LogP contribution in [-0.4, -0.2) is 14.3 Å². The van der Waals surface area contributed by atoms with Gasteiger partial charge in [0.1, 0.15) is 0 Å². The summed E-state index contributed by atoms with van der Waals surface area (Å²) >= 11 is 5.82. The fraction of sp³-hybridized carbons (Fsp3) is 0.174. The Morgan fingerprint density at radius 2 is 1.33 bits per heavy atom. The number of hydrogen-bond donors (Lipinski definition) is 2. The van der Waals surface area contributed by atoms with Gasteiger partial charge in [0, 0.05) is 22.0 Å². The van der Waals surface area contributed by atoms with E-state index in [0.717, 1.165) is 5.56 Å². The van der Waals surface area contributed by atoms with Gasteiger partial charge >= 0.3 is 0 Å². The van der Waals surface area contributed by atoms with Crippen molar-refractivity contribution in [1.29, 1.82) is 0 Å². The molecule has 0 saturated heterocycles. The standard InChI is InChI=1S/C23H23ClN2O3S/c1-23(2,3)17-6-4-16(5-7-17)22(27)25-19-12-14-21(15-13-19)30(28,29)26-20-10-8-18(24)9-11-20/h4-15,26H,1-3H3,(H,25,27). The monoisotopic (exact) mass is 442 g/mol. The lowest BCUT2D eigenvalue weighted by Gasteiger charge is -2.19. The van der Waals surface area contributed by atoms with Gasteiger partial charge in [0.25, 0.3) is 15.9 Å². The largest absolute Gasteiger partial charge is 0.322 e. The number of halogens is 1. The van der Waals surface area contributed by atoms with E-state index >= 15 is 0 Å². The first-order valence-electron chi connectivity index (χ1n) is 9.35. The van der Waals surface area contributed by atoms with E-state index in [-0.39, 0.29) is 16.2 Å². The highest BCUT2D eigenvalue weighted by molar-refractivity contribution is 7.92. The molecule has 0 heterocycles. The van der Waals surface area contributed by atoms with Gasteiger partial charge in [0.2, 0.25) is 0 Å². The van der Waals surface area contributed by atoms with Crippen molar-refractivity contribution in [2.75, 3.05) is 10.0 Å². The van der Waals surface area contributed by atoms with Crippen LogP contribution in [0, 0.1) is 0 Å². The summed E-state index contributed by atoms with van der Waals surface area (Å²) in [5, 5.41) is 3.30. The fourth-order valence-corrected chi connectivity index (χ4v) is 3.96. The molecular weight excluding hydrogens is 420 g/mol. The van der Waals surface area contributed by atoms with Gasteiger partial charge in [-0.25, -0.2) is 8.42 Å². The lowest BCUT2D eigenvalue weighted by atomic mass is 9.87. The van der Waals surface area contributed by atoms with E-state index in [1.165, 1.54) is 12.1 Å². The van der Waals surface area contributed by atoms with E-state index in [2.05, 4.69) is 30.8 Å². The van der Waals surface area contributed by atoms with Crippen molar-refractivity contribution in [1.82, 2.24) is 0 Å². The Labute approximate surface area is 182 Å². The van der Waals surface area contributed by atoms with Crippen LogP contribution in [-0.2, 0) is 15.4 Å². The summed E-state index contributed by atoms with van der Waals surface area (Å²) in [5.41, 5.74) is 2.60. The SMILES string of the molecule is CC(C)(C)c1ccc(C(=O)Nc2ccc(S(=O)(=O)Nc3ccc(Cl)cc3)cc2)cc1. The number of hydrogen-bond acceptors (Lipinski definition) is 3. The molecule has 0 spiro atoms. The molecule has 0 aromatic heterocycles. The van der Waals surface area contributed by atoms with Gasteiger partial charge in [-0.15, -0.1) is 0 Å². The second kappa shape index (κ2) is 8.50.